The summed E-state index contributed by atoms with van der Waals surface area (Å²) in [5, 5.41) is 0. The smallest absolute Gasteiger partial charge is 0.0781 e. The van der Waals surface area contributed by atoms with Crippen LogP contribution in [0.1, 0.15) is 77.9 Å². The molecule has 15 aromatic rings. The highest BCUT2D eigenvalue weighted by atomic mass is 14.8. The fourth-order valence-electron chi connectivity index (χ4n) is 12.4. The minimum absolute atomic E-state index is 0.774. The Morgan fingerprint density at radius 2 is 0.192 bits per heavy atom. The maximum absolute atomic E-state index is 5.48. The Balaban J connectivity index is 0.781. The van der Waals surface area contributed by atoms with E-state index >= 15 is 0 Å². The zero-order valence-electron chi connectivity index (χ0n) is 57.0. The maximum Gasteiger partial charge on any atom is 0.0781 e. The molecule has 15 rings (SSSR count). The van der Waals surface area contributed by atoms with Crippen LogP contribution >= 0.6 is 0 Å². The molecule has 0 atom stereocenters. The molecule has 0 N–H and O–H groups in total. The normalized spacial score (nSPS) is 10.7. The van der Waals surface area contributed by atoms with Gasteiger partial charge in [-0.3, -0.25) is 0 Å². The largest absolute Gasteiger partial charge is 0.248 e. The van der Waals surface area contributed by atoms with Gasteiger partial charge in [-0.05, 0) is 84.9 Å². The molecule has 15 aromatic carbocycles. The fourth-order valence-corrected chi connectivity index (χ4v) is 12.4. The van der Waals surface area contributed by atoms with Gasteiger partial charge in [0.05, 0.1) is 79.8 Å². The summed E-state index contributed by atoms with van der Waals surface area (Å²) < 4.78 is 0. The van der Waals surface area contributed by atoms with Gasteiger partial charge in [-0.2, -0.15) is 0 Å². The summed E-state index contributed by atoms with van der Waals surface area (Å²) in [4.78, 5) is 37.3. The molecule has 0 aliphatic heterocycles. The van der Waals surface area contributed by atoms with Crippen molar-refractivity contribution in [3.8, 4) is 0 Å². The second-order valence-electron chi connectivity index (χ2n) is 24.8. The van der Waals surface area contributed by atoms with Crippen molar-refractivity contribution >= 4 is 79.8 Å². The third-order valence-electron chi connectivity index (χ3n) is 17.7. The van der Waals surface area contributed by atoms with Crippen LogP contribution in [-0.4, -0.2) is 40.0 Å². The van der Waals surface area contributed by atoms with E-state index in [1.165, 1.54) is 0 Å². The predicted octanol–water partition coefficient (Wildman–Crippen LogP) is 23.9. The third-order valence-corrected chi connectivity index (χ3v) is 17.7. The van der Waals surface area contributed by atoms with Crippen LogP contribution in [0.2, 0.25) is 0 Å². The molecule has 7 nitrogen and oxygen atoms in total. The van der Waals surface area contributed by atoms with Gasteiger partial charge in [-0.1, -0.05) is 334 Å². The Morgan fingerprint density at radius 1 is 0.0962 bits per heavy atom. The first-order chi connectivity index (χ1) is 51.5. The van der Waals surface area contributed by atoms with E-state index in [1.807, 2.05) is 176 Å². The first kappa shape index (κ1) is 65.9. The molecule has 0 fully saturated rings. The molecule has 0 bridgehead atoms. The molecular weight excluding hydrogens is 1260 g/mol. The van der Waals surface area contributed by atoms with Gasteiger partial charge in [0.2, 0.25) is 0 Å². The van der Waals surface area contributed by atoms with Crippen LogP contribution in [0.4, 0.5) is 39.8 Å². The molecule has 0 amide bonds. The van der Waals surface area contributed by atoms with Crippen LogP contribution in [0.25, 0.3) is 0 Å². The number of nitrogens with zero attached hydrogens (tertiary/aromatic N) is 7. The highest BCUT2D eigenvalue weighted by molar-refractivity contribution is 6.19. The molecule has 0 heterocycles. The SMILES string of the molecule is c1ccc(N=C(c2ccc(N=C(c3ccc(N=C(c4ccccc4)c4ccccc4)cc3)c3ccc(N=C(c4ccccc4)c4ccccc4)cc3)cc2)c2ccc(N=C(c3ccc(N=C(c4ccccc4)c4ccccc4)cc3)c3ccc(N=C(c4ccccc4)c4ccccc4)cc3)cc2)cc1. The molecule has 0 aromatic heterocycles. The molecule has 0 spiro atoms. The van der Waals surface area contributed by atoms with Crippen LogP contribution in [0.5, 0.6) is 0 Å². The fraction of sp³-hybridized carbons (Fsp3) is 0. The zero-order chi connectivity index (χ0) is 69.9. The average Bonchev–Trinajstić information content (AvgIpc) is 0.815. The predicted molar refractivity (Wildman–Crippen MR) is 434 cm³/mol. The van der Waals surface area contributed by atoms with Gasteiger partial charge in [0, 0.05) is 77.9 Å². The molecule has 0 radical (unpaired) electrons. The summed E-state index contributed by atoms with van der Waals surface area (Å²) in [6.45, 7) is 0. The summed E-state index contributed by atoms with van der Waals surface area (Å²) in [6, 6.07) is 143. The molecule has 104 heavy (non-hydrogen) atoms. The molecular formula is C97H69N7. The van der Waals surface area contributed by atoms with E-state index in [1.54, 1.807) is 0 Å². The lowest BCUT2D eigenvalue weighted by molar-refractivity contribution is 1.42. The second kappa shape index (κ2) is 32.3. The van der Waals surface area contributed by atoms with Gasteiger partial charge in [0.25, 0.3) is 0 Å². The number of aliphatic imine (C=N–C) groups is 7. The number of rotatable bonds is 21. The van der Waals surface area contributed by atoms with Crippen molar-refractivity contribution in [1.29, 1.82) is 0 Å². The van der Waals surface area contributed by atoms with Crippen molar-refractivity contribution in [3.05, 3.63) is 496 Å². The minimum Gasteiger partial charge on any atom is -0.248 e. The first-order valence-corrected chi connectivity index (χ1v) is 34.8. The molecule has 0 aliphatic rings. The van der Waals surface area contributed by atoms with Crippen LogP contribution in [-0.2, 0) is 0 Å². The van der Waals surface area contributed by atoms with Gasteiger partial charge in [0.1, 0.15) is 0 Å². The standard InChI is InChI=1S/C97H69N7/c1-10-28-70(29-11-1)91(71-30-12-2-13-31-71)99-85-58-50-80(51-59-85)96(81-52-60-86(61-53-81)100-92(72-32-14-3-15-33-72)73-34-16-4-17-35-73)103-89-66-46-78(47-67-89)95(98-84-44-26-9-27-45-84)79-48-68-90(69-49-79)104-97(82-54-62-87(63-55-82)101-93(74-36-18-5-19-37-74)75-38-20-6-21-39-75)83-56-64-88(65-57-83)102-94(76-40-22-7-23-41-76)77-42-24-8-25-43-77/h1-69H. The van der Waals surface area contributed by atoms with Crippen molar-refractivity contribution in [1.82, 2.24) is 0 Å². The van der Waals surface area contributed by atoms with E-state index in [0.717, 1.165) is 158 Å². The third kappa shape index (κ3) is 16.3. The van der Waals surface area contributed by atoms with Crippen molar-refractivity contribution in [3.63, 3.8) is 0 Å². The zero-order valence-corrected chi connectivity index (χ0v) is 57.0. The maximum atomic E-state index is 5.48. The summed E-state index contributed by atoms with van der Waals surface area (Å²) in [7, 11) is 0. The highest BCUT2D eigenvalue weighted by Crippen LogP contribution is 2.31. The number of benzene rings is 15. The van der Waals surface area contributed by atoms with Crippen LogP contribution in [0.3, 0.4) is 0 Å². The van der Waals surface area contributed by atoms with E-state index in [9.17, 15) is 0 Å². The number of para-hydroxylation sites is 1. The monoisotopic (exact) mass is 1330 g/mol. The van der Waals surface area contributed by atoms with Crippen LogP contribution < -0.4 is 0 Å². The van der Waals surface area contributed by atoms with E-state index in [-0.39, 0.29) is 0 Å². The first-order valence-electron chi connectivity index (χ1n) is 34.8. The molecule has 0 aliphatic carbocycles. The van der Waals surface area contributed by atoms with Gasteiger partial charge >= 0.3 is 0 Å². The lowest BCUT2D eigenvalue weighted by atomic mass is 9.99. The Labute approximate surface area is 607 Å². The van der Waals surface area contributed by atoms with E-state index in [4.69, 9.17) is 34.9 Å². The van der Waals surface area contributed by atoms with E-state index < -0.39 is 0 Å². The van der Waals surface area contributed by atoms with E-state index in [2.05, 4.69) is 243 Å². The molecule has 492 valence electrons. The average molecular weight is 1330 g/mol. The topological polar surface area (TPSA) is 86.5 Å². The summed E-state index contributed by atoms with van der Waals surface area (Å²) in [5.41, 5.74) is 25.5. The summed E-state index contributed by atoms with van der Waals surface area (Å²) in [6.07, 6.45) is 0. The van der Waals surface area contributed by atoms with Crippen LogP contribution in [0, 0.1) is 0 Å². The molecule has 0 saturated carbocycles. The van der Waals surface area contributed by atoms with E-state index in [0.29, 0.717) is 0 Å². The van der Waals surface area contributed by atoms with Crippen molar-refractivity contribution in [2.24, 2.45) is 34.9 Å². The van der Waals surface area contributed by atoms with Crippen molar-refractivity contribution in [2.45, 2.75) is 0 Å². The lowest BCUT2D eigenvalue weighted by Crippen LogP contribution is -2.05. The Hall–Kier alpha value is -14.0. The highest BCUT2D eigenvalue weighted by Gasteiger charge is 2.17. The van der Waals surface area contributed by atoms with Gasteiger partial charge in [0.15, 0.2) is 0 Å². The van der Waals surface area contributed by atoms with Crippen molar-refractivity contribution in [2.75, 3.05) is 0 Å². The van der Waals surface area contributed by atoms with Gasteiger partial charge in [-0.15, -0.1) is 0 Å². The number of hydrogen-bond donors (Lipinski definition) is 0. The molecule has 0 unspecified atom stereocenters. The molecule has 7 heteroatoms. The molecule has 0 saturated heterocycles. The Kier molecular flexibility index (Phi) is 20.5. The summed E-state index contributed by atoms with van der Waals surface area (Å²) in [5.74, 6) is 0. The van der Waals surface area contributed by atoms with Gasteiger partial charge in [-0.25, -0.2) is 34.9 Å². The Morgan fingerprint density at radius 3 is 0.317 bits per heavy atom. The van der Waals surface area contributed by atoms with Crippen molar-refractivity contribution < 1.29 is 0 Å². The van der Waals surface area contributed by atoms with Crippen LogP contribution in [0.15, 0.2) is 454 Å². The van der Waals surface area contributed by atoms with Gasteiger partial charge < -0.3 is 0 Å². The quantitative estimate of drug-likeness (QED) is 0.0642. The Bertz CT molecular complexity index is 4780. The lowest BCUT2D eigenvalue weighted by Gasteiger charge is -2.12. The number of hydrogen-bond acceptors (Lipinski definition) is 7. The summed E-state index contributed by atoms with van der Waals surface area (Å²) >= 11 is 0. The second-order valence-corrected chi connectivity index (χ2v) is 24.8. The minimum atomic E-state index is 0.774.